The Balaban J connectivity index is 1.70. The van der Waals surface area contributed by atoms with Crippen LogP contribution >= 0.6 is 0 Å². The van der Waals surface area contributed by atoms with Gasteiger partial charge in [0.25, 0.3) is 0 Å². The monoisotopic (exact) mass is 124 g/mol. The van der Waals surface area contributed by atoms with Gasteiger partial charge in [-0.15, -0.1) is 0 Å². The second-order valence-electron chi connectivity index (χ2n) is 3.32. The molecule has 2 rings (SSSR count). The van der Waals surface area contributed by atoms with E-state index >= 15 is 0 Å². The Hall–Kier alpha value is -0.0400. The normalized spacial score (nSPS) is 29.3. The summed E-state index contributed by atoms with van der Waals surface area (Å²) in [4.78, 5) is 0. The van der Waals surface area contributed by atoms with Crippen LogP contribution in [0.3, 0.4) is 0 Å². The molecule has 0 aliphatic heterocycles. The van der Waals surface area contributed by atoms with Gasteiger partial charge in [-0.3, -0.25) is 0 Å². The van der Waals surface area contributed by atoms with Crippen molar-refractivity contribution in [3.05, 3.63) is 0 Å². The Morgan fingerprint density at radius 2 is 1.33 bits per heavy atom. The first-order chi connectivity index (χ1) is 4.45. The lowest BCUT2D eigenvalue weighted by Gasteiger charge is -2.06. The molecule has 0 aromatic heterocycles. The highest BCUT2D eigenvalue weighted by molar-refractivity contribution is 4.86. The molecule has 1 radical (unpaired) electrons. The van der Waals surface area contributed by atoms with Gasteiger partial charge in [-0.2, -0.15) is 0 Å². The predicted octanol–water partition coefficient (Wildman–Crippen LogP) is 1.70. The first-order valence-corrected chi connectivity index (χ1v) is 4.15. The van der Waals surface area contributed by atoms with Gasteiger partial charge in [0.05, 0.1) is 0 Å². The summed E-state index contributed by atoms with van der Waals surface area (Å²) in [6.07, 6.45) is 8.40. The van der Waals surface area contributed by atoms with E-state index in [-0.39, 0.29) is 0 Å². The standard InChI is InChI=1S/C8H14N/c1-2-4-7(3-1)9-8-5-6-8/h7-8H,1-6H2. The molecular formula is C8H14N. The predicted molar refractivity (Wildman–Crippen MR) is 37.4 cm³/mol. The lowest BCUT2D eigenvalue weighted by molar-refractivity contribution is 0.510. The molecule has 2 saturated carbocycles. The Morgan fingerprint density at radius 1 is 0.778 bits per heavy atom. The molecule has 0 N–H and O–H groups in total. The molecule has 1 heteroatoms. The third-order valence-electron chi connectivity index (χ3n) is 2.29. The summed E-state index contributed by atoms with van der Waals surface area (Å²) in [5, 5.41) is 4.69. The minimum atomic E-state index is 0.775. The molecular weight excluding hydrogens is 110 g/mol. The zero-order valence-corrected chi connectivity index (χ0v) is 5.84. The number of hydrogen-bond acceptors (Lipinski definition) is 0. The molecule has 0 heterocycles. The van der Waals surface area contributed by atoms with Crippen molar-refractivity contribution in [1.29, 1.82) is 0 Å². The molecule has 0 saturated heterocycles. The zero-order chi connectivity index (χ0) is 6.10. The summed E-state index contributed by atoms with van der Waals surface area (Å²) in [6, 6.07) is 1.57. The summed E-state index contributed by atoms with van der Waals surface area (Å²) >= 11 is 0. The summed E-state index contributed by atoms with van der Waals surface area (Å²) < 4.78 is 0. The van der Waals surface area contributed by atoms with E-state index in [1.807, 2.05) is 0 Å². The largest absolute Gasteiger partial charge is 0.235 e. The van der Waals surface area contributed by atoms with Gasteiger partial charge in [-0.1, -0.05) is 12.8 Å². The van der Waals surface area contributed by atoms with Crippen LogP contribution in [0.15, 0.2) is 0 Å². The first kappa shape index (κ1) is 5.72. The first-order valence-electron chi connectivity index (χ1n) is 4.15. The highest BCUT2D eigenvalue weighted by Gasteiger charge is 2.27. The van der Waals surface area contributed by atoms with Crippen LogP contribution in [-0.4, -0.2) is 12.1 Å². The van der Waals surface area contributed by atoms with Gasteiger partial charge in [0, 0.05) is 12.1 Å². The van der Waals surface area contributed by atoms with Crippen LogP contribution in [-0.2, 0) is 0 Å². The molecule has 0 atom stereocenters. The average molecular weight is 124 g/mol. The van der Waals surface area contributed by atoms with Crippen LogP contribution in [0, 0.1) is 0 Å². The fraction of sp³-hybridized carbons (Fsp3) is 1.00. The molecule has 0 unspecified atom stereocenters. The van der Waals surface area contributed by atoms with Crippen molar-refractivity contribution < 1.29 is 0 Å². The van der Waals surface area contributed by atoms with Gasteiger partial charge >= 0.3 is 0 Å². The van der Waals surface area contributed by atoms with Gasteiger partial charge in [0.1, 0.15) is 0 Å². The minimum absolute atomic E-state index is 0.775. The maximum absolute atomic E-state index is 4.69. The Labute approximate surface area is 56.8 Å². The molecule has 1 nitrogen and oxygen atoms in total. The van der Waals surface area contributed by atoms with E-state index in [2.05, 4.69) is 5.32 Å². The molecule has 2 fully saturated rings. The molecule has 0 spiro atoms. The van der Waals surface area contributed by atoms with E-state index < -0.39 is 0 Å². The van der Waals surface area contributed by atoms with E-state index in [1.165, 1.54) is 38.5 Å². The average Bonchev–Trinajstić information content (AvgIpc) is 2.46. The molecule has 2 aliphatic carbocycles. The molecule has 0 bridgehead atoms. The van der Waals surface area contributed by atoms with Crippen molar-refractivity contribution in [2.45, 2.75) is 50.6 Å². The SMILES string of the molecule is C1CCC([N]C2CC2)C1. The van der Waals surface area contributed by atoms with Crippen LogP contribution in [0.4, 0.5) is 0 Å². The van der Waals surface area contributed by atoms with Gasteiger partial charge in [-0.05, 0) is 25.7 Å². The van der Waals surface area contributed by atoms with E-state index in [0.717, 1.165) is 12.1 Å². The van der Waals surface area contributed by atoms with Crippen molar-refractivity contribution in [3.63, 3.8) is 0 Å². The second-order valence-corrected chi connectivity index (χ2v) is 3.32. The van der Waals surface area contributed by atoms with Crippen LogP contribution in [0.5, 0.6) is 0 Å². The third-order valence-corrected chi connectivity index (χ3v) is 2.29. The van der Waals surface area contributed by atoms with Gasteiger partial charge in [0.15, 0.2) is 0 Å². The quantitative estimate of drug-likeness (QED) is 0.532. The second kappa shape index (κ2) is 2.30. The molecule has 0 aromatic carbocycles. The maximum atomic E-state index is 4.69. The van der Waals surface area contributed by atoms with Crippen molar-refractivity contribution >= 4 is 0 Å². The lowest BCUT2D eigenvalue weighted by atomic mass is 10.2. The van der Waals surface area contributed by atoms with Crippen LogP contribution < -0.4 is 5.32 Å². The van der Waals surface area contributed by atoms with Crippen molar-refractivity contribution in [3.8, 4) is 0 Å². The fourth-order valence-electron chi connectivity index (χ4n) is 1.58. The number of nitrogens with zero attached hydrogens (tertiary/aromatic N) is 1. The fourth-order valence-corrected chi connectivity index (χ4v) is 1.58. The minimum Gasteiger partial charge on any atom is -0.235 e. The highest BCUT2D eigenvalue weighted by Crippen LogP contribution is 2.26. The molecule has 51 valence electrons. The molecule has 2 aliphatic rings. The Morgan fingerprint density at radius 3 is 1.89 bits per heavy atom. The van der Waals surface area contributed by atoms with E-state index in [1.54, 1.807) is 0 Å². The van der Waals surface area contributed by atoms with E-state index in [0.29, 0.717) is 0 Å². The zero-order valence-electron chi connectivity index (χ0n) is 5.84. The Kier molecular flexibility index (Phi) is 1.46. The number of rotatable bonds is 2. The summed E-state index contributed by atoms with van der Waals surface area (Å²) in [5.41, 5.74) is 0. The molecule has 0 amide bonds. The maximum Gasteiger partial charge on any atom is 0.0250 e. The van der Waals surface area contributed by atoms with Crippen LogP contribution in [0.2, 0.25) is 0 Å². The summed E-state index contributed by atoms with van der Waals surface area (Å²) in [5.74, 6) is 0. The van der Waals surface area contributed by atoms with Crippen molar-refractivity contribution in [2.24, 2.45) is 0 Å². The van der Waals surface area contributed by atoms with Gasteiger partial charge in [0.2, 0.25) is 0 Å². The Bertz CT molecular complexity index is 90.7. The van der Waals surface area contributed by atoms with E-state index in [9.17, 15) is 0 Å². The van der Waals surface area contributed by atoms with Gasteiger partial charge in [-0.25, -0.2) is 5.32 Å². The van der Waals surface area contributed by atoms with E-state index in [4.69, 9.17) is 0 Å². The summed E-state index contributed by atoms with van der Waals surface area (Å²) in [6.45, 7) is 0. The van der Waals surface area contributed by atoms with Crippen LogP contribution in [0.25, 0.3) is 0 Å². The third kappa shape index (κ3) is 1.45. The smallest absolute Gasteiger partial charge is 0.0250 e. The molecule has 9 heavy (non-hydrogen) atoms. The van der Waals surface area contributed by atoms with Gasteiger partial charge < -0.3 is 0 Å². The highest BCUT2D eigenvalue weighted by atomic mass is 15.0. The molecule has 0 aromatic rings. The lowest BCUT2D eigenvalue weighted by Crippen LogP contribution is -2.19. The van der Waals surface area contributed by atoms with Crippen LogP contribution in [0.1, 0.15) is 38.5 Å². The number of hydrogen-bond donors (Lipinski definition) is 0. The topological polar surface area (TPSA) is 14.1 Å². The summed E-state index contributed by atoms with van der Waals surface area (Å²) in [7, 11) is 0. The van der Waals surface area contributed by atoms with Crippen molar-refractivity contribution in [2.75, 3.05) is 0 Å². The van der Waals surface area contributed by atoms with Crippen molar-refractivity contribution in [1.82, 2.24) is 5.32 Å².